The van der Waals surface area contributed by atoms with E-state index in [1.807, 2.05) is 0 Å². The summed E-state index contributed by atoms with van der Waals surface area (Å²) in [6.07, 6.45) is 4.21. The number of hydrogen-bond acceptors (Lipinski definition) is 3. The number of aliphatic hydroxyl groups is 1. The van der Waals surface area contributed by atoms with E-state index in [2.05, 4.69) is 20.8 Å². The van der Waals surface area contributed by atoms with Crippen LogP contribution >= 0.6 is 0 Å². The SMILES string of the molecule is CC(C)C1CC[C@@H](C)C[C@H]1OCCOCCO. The molecule has 0 heterocycles. The lowest BCUT2D eigenvalue weighted by Gasteiger charge is -2.37. The third-order valence-corrected chi connectivity index (χ3v) is 3.76. The lowest BCUT2D eigenvalue weighted by Crippen LogP contribution is -2.35. The summed E-state index contributed by atoms with van der Waals surface area (Å²) < 4.78 is 11.2. The van der Waals surface area contributed by atoms with Gasteiger partial charge in [0, 0.05) is 0 Å². The standard InChI is InChI=1S/C14H28O3/c1-11(2)13-5-4-12(3)10-14(13)17-9-8-16-7-6-15/h11-15H,4-10H2,1-3H3/t12-,13?,14-/m1/s1. The van der Waals surface area contributed by atoms with E-state index >= 15 is 0 Å². The maximum absolute atomic E-state index is 8.60. The molecule has 0 radical (unpaired) electrons. The highest BCUT2D eigenvalue weighted by Gasteiger charge is 2.31. The zero-order valence-corrected chi connectivity index (χ0v) is 11.5. The van der Waals surface area contributed by atoms with Crippen LogP contribution in [0.15, 0.2) is 0 Å². The molecule has 1 unspecified atom stereocenters. The van der Waals surface area contributed by atoms with Gasteiger partial charge in [-0.25, -0.2) is 0 Å². The molecular weight excluding hydrogens is 216 g/mol. The highest BCUT2D eigenvalue weighted by molar-refractivity contribution is 4.81. The summed E-state index contributed by atoms with van der Waals surface area (Å²) in [6, 6.07) is 0. The third kappa shape index (κ3) is 5.36. The zero-order chi connectivity index (χ0) is 12.7. The molecular formula is C14H28O3. The molecule has 0 aromatic rings. The normalized spacial score (nSPS) is 29.8. The van der Waals surface area contributed by atoms with Crippen LogP contribution in [0.3, 0.4) is 0 Å². The lowest BCUT2D eigenvalue weighted by atomic mass is 9.75. The van der Waals surface area contributed by atoms with Crippen molar-refractivity contribution in [3.63, 3.8) is 0 Å². The summed E-state index contributed by atoms with van der Waals surface area (Å²) in [5, 5.41) is 8.60. The Labute approximate surface area is 105 Å². The van der Waals surface area contributed by atoms with Crippen LogP contribution in [0.2, 0.25) is 0 Å². The van der Waals surface area contributed by atoms with E-state index in [0.717, 1.165) is 5.92 Å². The Morgan fingerprint density at radius 3 is 2.59 bits per heavy atom. The third-order valence-electron chi connectivity index (χ3n) is 3.76. The topological polar surface area (TPSA) is 38.7 Å². The summed E-state index contributed by atoms with van der Waals surface area (Å²) in [7, 11) is 0. The molecule has 1 aliphatic rings. The molecule has 3 atom stereocenters. The summed E-state index contributed by atoms with van der Waals surface area (Å²) in [5.41, 5.74) is 0. The Hall–Kier alpha value is -0.120. The Morgan fingerprint density at radius 2 is 1.94 bits per heavy atom. The van der Waals surface area contributed by atoms with Crippen LogP contribution in [0, 0.1) is 17.8 Å². The van der Waals surface area contributed by atoms with Crippen molar-refractivity contribution in [2.24, 2.45) is 17.8 Å². The fourth-order valence-electron chi connectivity index (χ4n) is 2.73. The summed E-state index contributed by atoms with van der Waals surface area (Å²) in [6.45, 7) is 8.65. The minimum atomic E-state index is 0.0923. The van der Waals surface area contributed by atoms with Crippen LogP contribution in [0.25, 0.3) is 0 Å². The first-order chi connectivity index (χ1) is 8.15. The van der Waals surface area contributed by atoms with Gasteiger partial charge in [0.2, 0.25) is 0 Å². The van der Waals surface area contributed by atoms with Gasteiger partial charge in [0.25, 0.3) is 0 Å². The van der Waals surface area contributed by atoms with Crippen molar-refractivity contribution >= 4 is 0 Å². The van der Waals surface area contributed by atoms with Gasteiger partial charge in [-0.3, -0.25) is 0 Å². The number of aliphatic hydroxyl groups excluding tert-OH is 1. The molecule has 17 heavy (non-hydrogen) atoms. The molecule has 0 spiro atoms. The van der Waals surface area contributed by atoms with Gasteiger partial charge in [0.15, 0.2) is 0 Å². The zero-order valence-electron chi connectivity index (χ0n) is 11.5. The lowest BCUT2D eigenvalue weighted by molar-refractivity contribution is -0.0601. The van der Waals surface area contributed by atoms with Gasteiger partial charge in [-0.05, 0) is 30.6 Å². The predicted octanol–water partition coefficient (Wildman–Crippen LogP) is 2.47. The number of ether oxygens (including phenoxy) is 2. The van der Waals surface area contributed by atoms with Crippen LogP contribution in [0.4, 0.5) is 0 Å². The molecule has 1 fully saturated rings. The van der Waals surface area contributed by atoms with Crippen molar-refractivity contribution in [1.82, 2.24) is 0 Å². The fourth-order valence-corrected chi connectivity index (χ4v) is 2.73. The average molecular weight is 244 g/mol. The van der Waals surface area contributed by atoms with E-state index in [0.29, 0.717) is 37.8 Å². The van der Waals surface area contributed by atoms with Gasteiger partial charge in [-0.1, -0.05) is 27.2 Å². The van der Waals surface area contributed by atoms with Crippen LogP contribution in [0.1, 0.15) is 40.0 Å². The highest BCUT2D eigenvalue weighted by Crippen LogP contribution is 2.35. The van der Waals surface area contributed by atoms with Crippen LogP contribution in [-0.4, -0.2) is 37.6 Å². The van der Waals surface area contributed by atoms with E-state index in [-0.39, 0.29) is 6.61 Å². The molecule has 0 aliphatic heterocycles. The van der Waals surface area contributed by atoms with Crippen molar-refractivity contribution in [3.05, 3.63) is 0 Å². The van der Waals surface area contributed by atoms with Gasteiger partial charge in [-0.2, -0.15) is 0 Å². The molecule has 1 aliphatic carbocycles. The van der Waals surface area contributed by atoms with Crippen LogP contribution in [0.5, 0.6) is 0 Å². The van der Waals surface area contributed by atoms with Crippen molar-refractivity contribution < 1.29 is 14.6 Å². The monoisotopic (exact) mass is 244 g/mol. The Morgan fingerprint density at radius 1 is 1.18 bits per heavy atom. The molecule has 0 aromatic carbocycles. The molecule has 1 rings (SSSR count). The second-order valence-corrected chi connectivity index (χ2v) is 5.57. The van der Waals surface area contributed by atoms with Gasteiger partial charge in [0.1, 0.15) is 0 Å². The smallest absolute Gasteiger partial charge is 0.0704 e. The van der Waals surface area contributed by atoms with Crippen molar-refractivity contribution in [3.8, 4) is 0 Å². The summed E-state index contributed by atoms with van der Waals surface area (Å²) in [4.78, 5) is 0. The first-order valence-electron chi connectivity index (χ1n) is 6.95. The summed E-state index contributed by atoms with van der Waals surface area (Å²) >= 11 is 0. The van der Waals surface area contributed by atoms with Crippen molar-refractivity contribution in [2.75, 3.05) is 26.4 Å². The Balaban J connectivity index is 2.26. The average Bonchev–Trinajstić information content (AvgIpc) is 2.28. The van der Waals surface area contributed by atoms with Gasteiger partial charge in [-0.15, -0.1) is 0 Å². The molecule has 0 amide bonds. The van der Waals surface area contributed by atoms with E-state index < -0.39 is 0 Å². The minimum absolute atomic E-state index is 0.0923. The van der Waals surface area contributed by atoms with Crippen LogP contribution < -0.4 is 0 Å². The minimum Gasteiger partial charge on any atom is -0.394 e. The molecule has 1 N–H and O–H groups in total. The van der Waals surface area contributed by atoms with Crippen molar-refractivity contribution in [1.29, 1.82) is 0 Å². The Kier molecular flexibility index (Phi) is 7.09. The molecule has 3 heteroatoms. The first-order valence-corrected chi connectivity index (χ1v) is 6.95. The molecule has 3 nitrogen and oxygen atoms in total. The van der Waals surface area contributed by atoms with Gasteiger partial charge < -0.3 is 14.6 Å². The fraction of sp³-hybridized carbons (Fsp3) is 1.00. The second-order valence-electron chi connectivity index (χ2n) is 5.57. The molecule has 1 saturated carbocycles. The Bertz CT molecular complexity index is 194. The van der Waals surface area contributed by atoms with E-state index in [4.69, 9.17) is 14.6 Å². The molecule has 0 bridgehead atoms. The maximum atomic E-state index is 8.60. The van der Waals surface area contributed by atoms with Gasteiger partial charge in [0.05, 0.1) is 32.5 Å². The van der Waals surface area contributed by atoms with Crippen LogP contribution in [-0.2, 0) is 9.47 Å². The van der Waals surface area contributed by atoms with Gasteiger partial charge >= 0.3 is 0 Å². The van der Waals surface area contributed by atoms with Crippen molar-refractivity contribution in [2.45, 2.75) is 46.1 Å². The highest BCUT2D eigenvalue weighted by atomic mass is 16.5. The van der Waals surface area contributed by atoms with E-state index in [9.17, 15) is 0 Å². The second kappa shape index (κ2) is 8.06. The quantitative estimate of drug-likeness (QED) is 0.699. The molecule has 102 valence electrons. The van der Waals surface area contributed by atoms with E-state index in [1.165, 1.54) is 19.3 Å². The summed E-state index contributed by atoms with van der Waals surface area (Å²) in [5.74, 6) is 2.18. The number of rotatable bonds is 7. The largest absolute Gasteiger partial charge is 0.394 e. The molecule has 0 saturated heterocycles. The maximum Gasteiger partial charge on any atom is 0.0704 e. The predicted molar refractivity (Wildman–Crippen MR) is 69.0 cm³/mol. The number of hydrogen-bond donors (Lipinski definition) is 1. The molecule has 0 aromatic heterocycles. The first kappa shape index (κ1) is 14.9. The van der Waals surface area contributed by atoms with E-state index in [1.54, 1.807) is 0 Å².